The Bertz CT molecular complexity index is 668. The van der Waals surface area contributed by atoms with E-state index in [0.717, 1.165) is 18.0 Å². The molecule has 1 saturated heterocycles. The van der Waals surface area contributed by atoms with Crippen molar-refractivity contribution in [1.29, 1.82) is 0 Å². The monoisotopic (exact) mass is 340 g/mol. The SMILES string of the molecule is O=c1[nH]cc([C@@H]2S[C@H](COP(=O)(O)O)[C@@H](O)[C@H]2O)c(=O)[nH]1. The summed E-state index contributed by atoms with van der Waals surface area (Å²) in [4.78, 5) is 44.1. The molecule has 2 rings (SSSR count). The molecule has 10 nitrogen and oxygen atoms in total. The van der Waals surface area contributed by atoms with E-state index in [1.165, 1.54) is 0 Å². The average molecular weight is 340 g/mol. The van der Waals surface area contributed by atoms with Crippen molar-refractivity contribution in [2.75, 3.05) is 6.61 Å². The molecule has 12 heteroatoms. The molecule has 21 heavy (non-hydrogen) atoms. The van der Waals surface area contributed by atoms with Crippen LogP contribution < -0.4 is 11.2 Å². The molecule has 0 saturated carbocycles. The molecule has 1 aliphatic heterocycles. The van der Waals surface area contributed by atoms with Gasteiger partial charge in [-0.15, -0.1) is 11.8 Å². The van der Waals surface area contributed by atoms with Gasteiger partial charge >= 0.3 is 13.5 Å². The fourth-order valence-electron chi connectivity index (χ4n) is 1.95. The fourth-order valence-corrected chi connectivity index (χ4v) is 3.89. The van der Waals surface area contributed by atoms with Crippen LogP contribution in [0.3, 0.4) is 0 Å². The first-order valence-corrected chi connectivity index (χ1v) is 8.20. The summed E-state index contributed by atoms with van der Waals surface area (Å²) >= 11 is 0.930. The van der Waals surface area contributed by atoms with Crippen LogP contribution in [0.15, 0.2) is 15.8 Å². The molecule has 118 valence electrons. The highest BCUT2D eigenvalue weighted by atomic mass is 32.2. The second kappa shape index (κ2) is 6.05. The van der Waals surface area contributed by atoms with Crippen LogP contribution in [-0.2, 0) is 9.09 Å². The van der Waals surface area contributed by atoms with Crippen molar-refractivity contribution in [3.05, 3.63) is 32.6 Å². The Balaban J connectivity index is 2.18. The molecule has 0 unspecified atom stereocenters. The lowest BCUT2D eigenvalue weighted by Crippen LogP contribution is -2.34. The lowest BCUT2D eigenvalue weighted by atomic mass is 10.0. The minimum Gasteiger partial charge on any atom is -0.389 e. The first-order valence-electron chi connectivity index (χ1n) is 5.72. The summed E-state index contributed by atoms with van der Waals surface area (Å²) in [6, 6.07) is 0. The summed E-state index contributed by atoms with van der Waals surface area (Å²) < 4.78 is 14.9. The summed E-state index contributed by atoms with van der Waals surface area (Å²) in [7, 11) is -4.69. The summed E-state index contributed by atoms with van der Waals surface area (Å²) in [5.74, 6) is 0. The van der Waals surface area contributed by atoms with Crippen molar-refractivity contribution in [3.63, 3.8) is 0 Å². The fraction of sp³-hybridized carbons (Fsp3) is 0.556. The predicted octanol–water partition coefficient (Wildman–Crippen LogP) is -1.95. The summed E-state index contributed by atoms with van der Waals surface area (Å²) in [6.45, 7) is -0.495. The van der Waals surface area contributed by atoms with Gasteiger partial charge in [-0.3, -0.25) is 14.3 Å². The number of hydrogen-bond acceptors (Lipinski definition) is 7. The summed E-state index contributed by atoms with van der Waals surface area (Å²) in [6.07, 6.45) is -1.55. The lowest BCUT2D eigenvalue weighted by molar-refractivity contribution is 0.0193. The molecule has 0 spiro atoms. The molecular weight excluding hydrogens is 327 g/mol. The predicted molar refractivity (Wildman–Crippen MR) is 71.8 cm³/mol. The summed E-state index contributed by atoms with van der Waals surface area (Å²) in [5.41, 5.74) is -1.37. The number of aliphatic hydroxyl groups is 2. The zero-order chi connectivity index (χ0) is 15.8. The van der Waals surface area contributed by atoms with E-state index in [-0.39, 0.29) is 5.56 Å². The highest BCUT2D eigenvalue weighted by Gasteiger charge is 2.44. The van der Waals surface area contributed by atoms with Gasteiger partial charge in [-0.05, 0) is 0 Å². The van der Waals surface area contributed by atoms with Crippen molar-refractivity contribution in [2.45, 2.75) is 22.7 Å². The second-order valence-electron chi connectivity index (χ2n) is 4.39. The third-order valence-corrected chi connectivity index (χ3v) is 5.00. The van der Waals surface area contributed by atoms with Crippen molar-refractivity contribution < 1.29 is 29.1 Å². The normalized spacial score (nSPS) is 29.7. The number of phosphoric acid groups is 1. The van der Waals surface area contributed by atoms with Crippen molar-refractivity contribution in [2.24, 2.45) is 0 Å². The molecule has 1 aliphatic rings. The molecule has 0 amide bonds. The van der Waals surface area contributed by atoms with Gasteiger partial charge in [0.2, 0.25) is 0 Å². The zero-order valence-corrected chi connectivity index (χ0v) is 12.1. The number of aliphatic hydroxyl groups excluding tert-OH is 2. The van der Waals surface area contributed by atoms with Crippen LogP contribution in [-0.4, -0.2) is 54.0 Å². The van der Waals surface area contributed by atoms with E-state index in [4.69, 9.17) is 9.79 Å². The second-order valence-corrected chi connectivity index (χ2v) is 7.01. The number of aromatic nitrogens is 2. The van der Waals surface area contributed by atoms with Gasteiger partial charge in [0.1, 0.15) is 0 Å². The minimum atomic E-state index is -4.69. The number of aromatic amines is 2. The number of phosphoric ester groups is 1. The van der Waals surface area contributed by atoms with Crippen LogP contribution in [0.5, 0.6) is 0 Å². The molecule has 1 fully saturated rings. The van der Waals surface area contributed by atoms with Crippen LogP contribution in [0.4, 0.5) is 0 Å². The zero-order valence-electron chi connectivity index (χ0n) is 10.4. The summed E-state index contributed by atoms with van der Waals surface area (Å²) in [5, 5.41) is 18.1. The highest BCUT2D eigenvalue weighted by Crippen LogP contribution is 2.46. The van der Waals surface area contributed by atoms with Gasteiger partial charge in [0.25, 0.3) is 5.56 Å². The quantitative estimate of drug-likeness (QED) is 0.340. The van der Waals surface area contributed by atoms with E-state index in [1.807, 2.05) is 4.98 Å². The van der Waals surface area contributed by atoms with Gasteiger partial charge in [-0.1, -0.05) is 0 Å². The van der Waals surface area contributed by atoms with Crippen molar-refractivity contribution >= 4 is 19.6 Å². The molecule has 1 aromatic rings. The molecule has 2 heterocycles. The average Bonchev–Trinajstić information content (AvgIpc) is 2.64. The van der Waals surface area contributed by atoms with Gasteiger partial charge in [0, 0.05) is 11.8 Å². The Hall–Kier alpha value is -0.940. The van der Waals surface area contributed by atoms with Gasteiger partial charge in [0.05, 0.1) is 29.3 Å². The van der Waals surface area contributed by atoms with Crippen molar-refractivity contribution in [1.82, 2.24) is 9.97 Å². The number of hydrogen-bond donors (Lipinski definition) is 6. The molecule has 0 radical (unpaired) electrons. The number of thioether (sulfide) groups is 1. The molecule has 0 bridgehead atoms. The Kier molecular flexibility index (Phi) is 4.73. The number of nitrogens with one attached hydrogen (secondary N) is 2. The first kappa shape index (κ1) is 16.4. The Morgan fingerprint density at radius 1 is 1.29 bits per heavy atom. The molecule has 4 atom stereocenters. The molecule has 0 aromatic carbocycles. The van der Waals surface area contributed by atoms with Gasteiger partial charge < -0.3 is 25.0 Å². The van der Waals surface area contributed by atoms with Crippen LogP contribution >= 0.6 is 19.6 Å². The minimum absolute atomic E-state index is 0.0461. The van der Waals surface area contributed by atoms with Crippen LogP contribution in [0.2, 0.25) is 0 Å². The standard InChI is InChI=1S/C9H13N2O8PS/c12-5-4(2-19-20(16,17)18)21-7(6(5)13)3-1-10-9(15)11-8(3)14/h1,4-7,12-13H,2H2,(H2,16,17,18)(H2,10,11,14,15)/t4-,5-,6-,7+/m1/s1. The maximum atomic E-state index is 11.7. The van der Waals surface area contributed by atoms with E-state index in [2.05, 4.69) is 9.51 Å². The largest absolute Gasteiger partial charge is 0.469 e. The van der Waals surface area contributed by atoms with Crippen molar-refractivity contribution in [3.8, 4) is 0 Å². The lowest BCUT2D eigenvalue weighted by Gasteiger charge is -2.15. The maximum absolute atomic E-state index is 11.7. The Morgan fingerprint density at radius 2 is 1.95 bits per heavy atom. The highest BCUT2D eigenvalue weighted by molar-refractivity contribution is 8.00. The number of H-pyrrole nitrogens is 2. The van der Waals surface area contributed by atoms with E-state index in [0.29, 0.717) is 0 Å². The van der Waals surface area contributed by atoms with E-state index in [9.17, 15) is 24.4 Å². The first-order chi connectivity index (χ1) is 9.69. The van der Waals surface area contributed by atoms with E-state index >= 15 is 0 Å². The van der Waals surface area contributed by atoms with E-state index < -0.39 is 48.4 Å². The Labute approximate surface area is 121 Å². The van der Waals surface area contributed by atoms with Gasteiger partial charge in [0.15, 0.2) is 0 Å². The molecule has 0 aliphatic carbocycles. The van der Waals surface area contributed by atoms with Gasteiger partial charge in [-0.25, -0.2) is 9.36 Å². The molecule has 1 aromatic heterocycles. The van der Waals surface area contributed by atoms with Crippen LogP contribution in [0, 0.1) is 0 Å². The maximum Gasteiger partial charge on any atom is 0.469 e. The smallest absolute Gasteiger partial charge is 0.389 e. The molecular formula is C9H13N2O8PS. The van der Waals surface area contributed by atoms with Gasteiger partial charge in [-0.2, -0.15) is 0 Å². The topological polar surface area (TPSA) is 173 Å². The third kappa shape index (κ3) is 3.83. The third-order valence-electron chi connectivity index (χ3n) is 2.92. The number of rotatable bonds is 4. The van der Waals surface area contributed by atoms with Crippen LogP contribution in [0.25, 0.3) is 0 Å². The molecule has 6 N–H and O–H groups in total. The van der Waals surface area contributed by atoms with Crippen LogP contribution in [0.1, 0.15) is 10.8 Å². The Morgan fingerprint density at radius 3 is 2.52 bits per heavy atom. The van der Waals surface area contributed by atoms with E-state index in [1.54, 1.807) is 0 Å².